The smallest absolute Gasteiger partial charge is 0.223 e. The summed E-state index contributed by atoms with van der Waals surface area (Å²) in [7, 11) is 3.23. The molecule has 0 N–H and O–H groups in total. The Hall–Kier alpha value is -2.77. The van der Waals surface area contributed by atoms with Gasteiger partial charge in [0, 0.05) is 43.9 Å². The molecule has 2 aromatic heterocycles. The molecule has 1 saturated heterocycles. The summed E-state index contributed by atoms with van der Waals surface area (Å²) < 4.78 is 18.7. The van der Waals surface area contributed by atoms with Gasteiger partial charge in [-0.2, -0.15) is 0 Å². The second kappa shape index (κ2) is 9.38. The highest BCUT2D eigenvalue weighted by atomic mass is 35.5. The summed E-state index contributed by atoms with van der Waals surface area (Å²) >= 11 is 6.28. The van der Waals surface area contributed by atoms with Crippen molar-refractivity contribution < 1.29 is 19.0 Å². The van der Waals surface area contributed by atoms with E-state index in [1.165, 1.54) is 0 Å². The van der Waals surface area contributed by atoms with Crippen LogP contribution in [0.5, 0.6) is 11.5 Å². The van der Waals surface area contributed by atoms with Gasteiger partial charge in [-0.3, -0.25) is 4.79 Å². The molecule has 4 rings (SSSR count). The van der Waals surface area contributed by atoms with Gasteiger partial charge < -0.3 is 23.5 Å². The van der Waals surface area contributed by atoms with E-state index in [1.807, 2.05) is 53.6 Å². The molecule has 3 heterocycles. The van der Waals surface area contributed by atoms with Gasteiger partial charge in [0.2, 0.25) is 5.91 Å². The topological polar surface area (TPSA) is 65.3 Å². The van der Waals surface area contributed by atoms with Gasteiger partial charge in [-0.1, -0.05) is 11.6 Å². The number of aromatic nitrogens is 2. The third kappa shape index (κ3) is 4.69. The Morgan fingerprint density at radius 3 is 2.44 bits per heavy atom. The van der Waals surface area contributed by atoms with Gasteiger partial charge in [0.25, 0.3) is 0 Å². The first kappa shape index (κ1) is 22.4. The largest absolute Gasteiger partial charge is 0.497 e. The molecule has 0 aliphatic carbocycles. The van der Waals surface area contributed by atoms with E-state index in [0.717, 1.165) is 16.9 Å². The molecule has 170 valence electrons. The Balaban J connectivity index is 1.76. The lowest BCUT2D eigenvalue weighted by atomic mass is 9.91. The molecule has 3 unspecified atom stereocenters. The van der Waals surface area contributed by atoms with Gasteiger partial charge in [-0.15, -0.1) is 0 Å². The number of halogens is 1. The molecule has 0 radical (unpaired) electrons. The zero-order valence-corrected chi connectivity index (χ0v) is 19.5. The van der Waals surface area contributed by atoms with Crippen molar-refractivity contribution in [2.75, 3.05) is 27.3 Å². The van der Waals surface area contributed by atoms with Crippen LogP contribution in [0.4, 0.5) is 0 Å². The molecule has 1 aliphatic heterocycles. The van der Waals surface area contributed by atoms with E-state index in [0.29, 0.717) is 29.6 Å². The van der Waals surface area contributed by atoms with Crippen LogP contribution in [0, 0.1) is 0 Å². The molecule has 3 aromatic rings. The van der Waals surface area contributed by atoms with E-state index in [2.05, 4.69) is 4.98 Å². The molecular weight excluding hydrogens is 430 g/mol. The summed E-state index contributed by atoms with van der Waals surface area (Å²) in [4.78, 5) is 19.9. The van der Waals surface area contributed by atoms with E-state index in [1.54, 1.807) is 26.5 Å². The monoisotopic (exact) mass is 457 g/mol. The summed E-state index contributed by atoms with van der Waals surface area (Å²) in [6.45, 7) is 5.15. The third-order valence-electron chi connectivity index (χ3n) is 5.78. The fourth-order valence-corrected chi connectivity index (χ4v) is 4.50. The average molecular weight is 458 g/mol. The number of fused-ring (bicyclic) bond motifs is 1. The number of imidazole rings is 1. The second-order valence-electron chi connectivity index (χ2n) is 8.22. The van der Waals surface area contributed by atoms with Crippen molar-refractivity contribution in [1.29, 1.82) is 0 Å². The summed E-state index contributed by atoms with van der Waals surface area (Å²) in [6.07, 6.45) is 3.92. The van der Waals surface area contributed by atoms with Gasteiger partial charge in [-0.05, 0) is 43.7 Å². The molecule has 1 fully saturated rings. The number of pyridine rings is 1. The van der Waals surface area contributed by atoms with Crippen molar-refractivity contribution in [3.8, 4) is 11.5 Å². The third-order valence-corrected chi connectivity index (χ3v) is 6.01. The van der Waals surface area contributed by atoms with Gasteiger partial charge in [0.05, 0.1) is 37.1 Å². The molecule has 7 nitrogen and oxygen atoms in total. The summed E-state index contributed by atoms with van der Waals surface area (Å²) in [5.41, 5.74) is 2.55. The Morgan fingerprint density at radius 2 is 1.81 bits per heavy atom. The lowest BCUT2D eigenvalue weighted by molar-refractivity contribution is -0.143. The Labute approximate surface area is 192 Å². The van der Waals surface area contributed by atoms with Crippen LogP contribution in [0.15, 0.2) is 42.7 Å². The van der Waals surface area contributed by atoms with Crippen molar-refractivity contribution in [3.05, 3.63) is 59.0 Å². The number of rotatable bonds is 6. The van der Waals surface area contributed by atoms with E-state index < -0.39 is 0 Å². The number of methoxy groups -OCH3 is 2. The first-order valence-electron chi connectivity index (χ1n) is 10.7. The minimum Gasteiger partial charge on any atom is -0.497 e. The lowest BCUT2D eigenvalue weighted by Gasteiger charge is -2.36. The molecule has 1 aromatic carbocycles. The van der Waals surface area contributed by atoms with Crippen LogP contribution in [0.3, 0.4) is 0 Å². The number of ether oxygens (including phenoxy) is 3. The molecule has 1 aliphatic rings. The predicted octanol–water partition coefficient (Wildman–Crippen LogP) is 4.16. The quantitative estimate of drug-likeness (QED) is 0.556. The minimum absolute atomic E-state index is 0.00710. The van der Waals surface area contributed by atoms with Gasteiger partial charge in [0.1, 0.15) is 17.1 Å². The average Bonchev–Trinajstić information content (AvgIpc) is 3.18. The Bertz CT molecular complexity index is 1080. The molecule has 0 spiro atoms. The van der Waals surface area contributed by atoms with Crippen LogP contribution in [-0.2, 0) is 9.53 Å². The van der Waals surface area contributed by atoms with Crippen molar-refractivity contribution in [1.82, 2.24) is 14.3 Å². The van der Waals surface area contributed by atoms with E-state index in [-0.39, 0.29) is 30.5 Å². The fourth-order valence-electron chi connectivity index (χ4n) is 4.34. The lowest BCUT2D eigenvalue weighted by Crippen LogP contribution is -2.48. The van der Waals surface area contributed by atoms with Crippen LogP contribution in [0.2, 0.25) is 5.02 Å². The Kier molecular flexibility index (Phi) is 6.58. The van der Waals surface area contributed by atoms with E-state index in [9.17, 15) is 4.79 Å². The standard InChI is InChI=1S/C24H28ClN3O4/c1-15-12-27(13-16(2)32-15)24(29)10-21(17-7-19(30-3)9-20(8-17)31-4)22-11-26-23-6-5-18(25)14-28(22)23/h5-9,11,14-16,21H,10,12-13H2,1-4H3. The van der Waals surface area contributed by atoms with Crippen molar-refractivity contribution in [2.45, 2.75) is 38.4 Å². The highest BCUT2D eigenvalue weighted by Gasteiger charge is 2.30. The predicted molar refractivity (Wildman–Crippen MR) is 123 cm³/mol. The maximum atomic E-state index is 13.4. The van der Waals surface area contributed by atoms with Crippen LogP contribution < -0.4 is 9.47 Å². The molecule has 8 heteroatoms. The summed E-state index contributed by atoms with van der Waals surface area (Å²) in [5, 5.41) is 0.598. The summed E-state index contributed by atoms with van der Waals surface area (Å²) in [6, 6.07) is 9.37. The number of hydrogen-bond acceptors (Lipinski definition) is 5. The number of carbonyl (C=O) groups excluding carboxylic acids is 1. The first-order chi connectivity index (χ1) is 15.4. The number of morpholine rings is 1. The second-order valence-corrected chi connectivity index (χ2v) is 8.65. The van der Waals surface area contributed by atoms with Crippen molar-refractivity contribution >= 4 is 23.2 Å². The molecule has 0 bridgehead atoms. The van der Waals surface area contributed by atoms with Gasteiger partial charge >= 0.3 is 0 Å². The van der Waals surface area contributed by atoms with Crippen molar-refractivity contribution in [2.24, 2.45) is 0 Å². The SMILES string of the molecule is COc1cc(OC)cc(C(CC(=O)N2CC(C)OC(C)C2)c2cnc3ccc(Cl)cn23)c1. The molecule has 1 amide bonds. The fraction of sp³-hybridized carbons (Fsp3) is 0.417. The first-order valence-corrected chi connectivity index (χ1v) is 11.0. The van der Waals surface area contributed by atoms with Crippen LogP contribution >= 0.6 is 11.6 Å². The zero-order chi connectivity index (χ0) is 22.8. The van der Waals surface area contributed by atoms with Gasteiger partial charge in [-0.25, -0.2) is 4.98 Å². The molecule has 32 heavy (non-hydrogen) atoms. The highest BCUT2D eigenvalue weighted by Crippen LogP contribution is 2.35. The Morgan fingerprint density at radius 1 is 1.16 bits per heavy atom. The van der Waals surface area contributed by atoms with Crippen LogP contribution in [0.1, 0.15) is 37.4 Å². The molecule has 0 saturated carbocycles. The van der Waals surface area contributed by atoms with Gasteiger partial charge in [0.15, 0.2) is 0 Å². The number of hydrogen-bond donors (Lipinski definition) is 0. The minimum atomic E-state index is -0.270. The van der Waals surface area contributed by atoms with E-state index in [4.69, 9.17) is 25.8 Å². The number of amides is 1. The number of carbonyl (C=O) groups is 1. The maximum Gasteiger partial charge on any atom is 0.223 e. The molecular formula is C24H28ClN3O4. The van der Waals surface area contributed by atoms with Crippen LogP contribution in [0.25, 0.3) is 5.65 Å². The van der Waals surface area contributed by atoms with E-state index >= 15 is 0 Å². The maximum absolute atomic E-state index is 13.4. The van der Waals surface area contributed by atoms with Crippen LogP contribution in [-0.4, -0.2) is 59.7 Å². The van der Waals surface area contributed by atoms with Crippen molar-refractivity contribution in [3.63, 3.8) is 0 Å². The normalized spacial score (nSPS) is 19.7. The molecule has 3 atom stereocenters. The number of benzene rings is 1. The number of nitrogens with zero attached hydrogens (tertiary/aromatic N) is 3. The summed E-state index contributed by atoms with van der Waals surface area (Å²) in [5.74, 6) is 1.12. The highest BCUT2D eigenvalue weighted by molar-refractivity contribution is 6.30. The zero-order valence-electron chi connectivity index (χ0n) is 18.7.